The molecule has 1 saturated heterocycles. The first-order valence-electron chi connectivity index (χ1n) is 9.39. The van der Waals surface area contributed by atoms with Crippen LogP contribution in [0.25, 0.3) is 0 Å². The van der Waals surface area contributed by atoms with Crippen LogP contribution >= 0.6 is 11.6 Å². The van der Waals surface area contributed by atoms with Gasteiger partial charge in [0, 0.05) is 37.7 Å². The zero-order valence-electron chi connectivity index (χ0n) is 15.9. The van der Waals surface area contributed by atoms with Gasteiger partial charge in [0.05, 0.1) is 6.54 Å². The molecule has 1 aliphatic rings. The molecule has 2 aromatic rings. The first-order chi connectivity index (χ1) is 14.0. The number of halogens is 2. The van der Waals surface area contributed by atoms with Crippen LogP contribution in [0.3, 0.4) is 0 Å². The number of hydrogen-bond acceptors (Lipinski definition) is 4. The Balaban J connectivity index is 1.34. The van der Waals surface area contributed by atoms with Gasteiger partial charge in [-0.15, -0.1) is 0 Å². The van der Waals surface area contributed by atoms with Crippen molar-refractivity contribution in [3.63, 3.8) is 0 Å². The molecule has 0 aromatic heterocycles. The van der Waals surface area contributed by atoms with Crippen LogP contribution in [0.1, 0.15) is 5.56 Å². The number of carbonyl (C=O) groups is 2. The van der Waals surface area contributed by atoms with E-state index in [9.17, 15) is 14.0 Å². The lowest BCUT2D eigenvalue weighted by molar-refractivity contribution is -0.135. The number of nitrogens with zero attached hydrogens (tertiary/aromatic N) is 2. The van der Waals surface area contributed by atoms with Crippen LogP contribution in [-0.4, -0.2) is 60.9 Å². The van der Waals surface area contributed by atoms with E-state index in [4.69, 9.17) is 16.3 Å². The third-order valence-electron chi connectivity index (χ3n) is 4.67. The summed E-state index contributed by atoms with van der Waals surface area (Å²) < 4.78 is 18.3. The monoisotopic (exact) mass is 419 g/mol. The van der Waals surface area contributed by atoms with Gasteiger partial charge in [-0.1, -0.05) is 23.7 Å². The number of amides is 2. The lowest BCUT2D eigenvalue weighted by atomic mass is 10.2. The van der Waals surface area contributed by atoms with Gasteiger partial charge in [-0.25, -0.2) is 4.39 Å². The normalized spacial score (nSPS) is 14.5. The van der Waals surface area contributed by atoms with Crippen molar-refractivity contribution in [2.45, 2.75) is 6.54 Å². The molecule has 1 heterocycles. The van der Waals surface area contributed by atoms with E-state index in [2.05, 4.69) is 5.32 Å². The molecular formula is C21H23ClFN3O3. The molecule has 2 amide bonds. The van der Waals surface area contributed by atoms with Crippen molar-refractivity contribution in [3.8, 4) is 5.75 Å². The molecule has 2 aromatic carbocycles. The van der Waals surface area contributed by atoms with Crippen molar-refractivity contribution in [3.05, 3.63) is 64.9 Å². The molecule has 1 fully saturated rings. The van der Waals surface area contributed by atoms with Crippen LogP contribution in [0.15, 0.2) is 48.5 Å². The van der Waals surface area contributed by atoms with E-state index in [-0.39, 0.29) is 24.2 Å². The fourth-order valence-corrected chi connectivity index (χ4v) is 3.11. The largest absolute Gasteiger partial charge is 0.484 e. The van der Waals surface area contributed by atoms with Crippen molar-refractivity contribution in [1.82, 2.24) is 15.1 Å². The van der Waals surface area contributed by atoms with E-state index < -0.39 is 0 Å². The topological polar surface area (TPSA) is 61.9 Å². The average Bonchev–Trinajstić information content (AvgIpc) is 2.73. The summed E-state index contributed by atoms with van der Waals surface area (Å²) in [5.41, 5.74) is 0.985. The molecule has 0 saturated carbocycles. The Morgan fingerprint density at radius 2 is 1.66 bits per heavy atom. The van der Waals surface area contributed by atoms with Crippen LogP contribution < -0.4 is 10.1 Å². The Hall–Kier alpha value is -2.64. The second kappa shape index (κ2) is 10.2. The zero-order chi connectivity index (χ0) is 20.6. The number of rotatable bonds is 7. The van der Waals surface area contributed by atoms with Crippen molar-refractivity contribution in [2.24, 2.45) is 0 Å². The molecule has 0 aliphatic carbocycles. The summed E-state index contributed by atoms with van der Waals surface area (Å²) in [6, 6.07) is 12.9. The van der Waals surface area contributed by atoms with E-state index in [1.807, 2.05) is 17.0 Å². The first kappa shape index (κ1) is 21.1. The molecule has 1 aliphatic heterocycles. The quantitative estimate of drug-likeness (QED) is 0.748. The summed E-state index contributed by atoms with van der Waals surface area (Å²) in [7, 11) is 0. The molecule has 0 radical (unpaired) electrons. The molecule has 0 unspecified atom stereocenters. The van der Waals surface area contributed by atoms with E-state index in [0.717, 1.165) is 5.56 Å². The minimum atomic E-state index is -0.350. The second-order valence-electron chi connectivity index (χ2n) is 6.80. The van der Waals surface area contributed by atoms with Crippen LogP contribution in [0.2, 0.25) is 5.02 Å². The smallest absolute Gasteiger partial charge is 0.260 e. The molecule has 3 rings (SSSR count). The molecule has 154 valence electrons. The SMILES string of the molecule is O=C(CN1CCN(C(=O)COc2ccc(F)cc2)CC1)NCc1ccc(Cl)cc1. The average molecular weight is 420 g/mol. The van der Waals surface area contributed by atoms with Gasteiger partial charge in [0.25, 0.3) is 5.91 Å². The van der Waals surface area contributed by atoms with Crippen LogP contribution in [0.4, 0.5) is 4.39 Å². The van der Waals surface area contributed by atoms with Crippen LogP contribution in [-0.2, 0) is 16.1 Å². The highest BCUT2D eigenvalue weighted by molar-refractivity contribution is 6.30. The van der Waals surface area contributed by atoms with Gasteiger partial charge in [-0.2, -0.15) is 0 Å². The van der Waals surface area contributed by atoms with Crippen molar-refractivity contribution in [1.29, 1.82) is 0 Å². The second-order valence-corrected chi connectivity index (χ2v) is 7.24. The molecule has 6 nitrogen and oxygen atoms in total. The predicted octanol–water partition coefficient (Wildman–Crippen LogP) is 2.32. The molecule has 29 heavy (non-hydrogen) atoms. The zero-order valence-corrected chi connectivity index (χ0v) is 16.7. The van der Waals surface area contributed by atoms with Gasteiger partial charge in [0.15, 0.2) is 6.61 Å². The van der Waals surface area contributed by atoms with Gasteiger partial charge in [-0.3, -0.25) is 14.5 Å². The Bertz CT molecular complexity index is 822. The summed E-state index contributed by atoms with van der Waals surface area (Å²) in [6.07, 6.45) is 0. The van der Waals surface area contributed by atoms with E-state index in [1.54, 1.807) is 17.0 Å². The van der Waals surface area contributed by atoms with Crippen LogP contribution in [0.5, 0.6) is 5.75 Å². The number of piperazine rings is 1. The Morgan fingerprint density at radius 1 is 1.00 bits per heavy atom. The summed E-state index contributed by atoms with van der Waals surface area (Å²) in [5, 5.41) is 3.55. The summed E-state index contributed by atoms with van der Waals surface area (Å²) in [4.78, 5) is 28.1. The minimum Gasteiger partial charge on any atom is -0.484 e. The van der Waals surface area contributed by atoms with E-state index in [0.29, 0.717) is 50.0 Å². The Kier molecular flexibility index (Phi) is 7.43. The number of carbonyl (C=O) groups excluding carboxylic acids is 2. The maximum Gasteiger partial charge on any atom is 0.260 e. The van der Waals surface area contributed by atoms with Gasteiger partial charge in [0.2, 0.25) is 5.91 Å². The number of benzene rings is 2. The fraction of sp³-hybridized carbons (Fsp3) is 0.333. The summed E-state index contributed by atoms with van der Waals surface area (Å²) in [5.74, 6) is -0.0757. The van der Waals surface area contributed by atoms with Gasteiger partial charge >= 0.3 is 0 Å². The van der Waals surface area contributed by atoms with Gasteiger partial charge < -0.3 is 15.0 Å². The summed E-state index contributed by atoms with van der Waals surface area (Å²) in [6.45, 7) is 2.98. The molecule has 0 bridgehead atoms. The molecular weight excluding hydrogens is 397 g/mol. The molecule has 1 N–H and O–H groups in total. The highest BCUT2D eigenvalue weighted by atomic mass is 35.5. The standard InChI is InChI=1S/C21H23ClFN3O3/c22-17-3-1-16(2-4-17)13-24-20(27)14-25-9-11-26(12-10-25)21(28)15-29-19-7-5-18(23)6-8-19/h1-8H,9-15H2,(H,24,27). The minimum absolute atomic E-state index is 0.0561. The lowest BCUT2D eigenvalue weighted by Crippen LogP contribution is -2.52. The van der Waals surface area contributed by atoms with E-state index in [1.165, 1.54) is 24.3 Å². The third kappa shape index (κ3) is 6.73. The maximum absolute atomic E-state index is 12.9. The third-order valence-corrected chi connectivity index (χ3v) is 4.92. The number of ether oxygens (including phenoxy) is 1. The molecule has 0 atom stereocenters. The van der Waals surface area contributed by atoms with E-state index >= 15 is 0 Å². The van der Waals surface area contributed by atoms with Gasteiger partial charge in [-0.05, 0) is 42.0 Å². The number of nitrogens with one attached hydrogen (secondary N) is 1. The molecule has 8 heteroatoms. The van der Waals surface area contributed by atoms with Crippen LogP contribution in [0, 0.1) is 5.82 Å². The summed E-state index contributed by atoms with van der Waals surface area (Å²) >= 11 is 5.85. The lowest BCUT2D eigenvalue weighted by Gasteiger charge is -2.34. The fourth-order valence-electron chi connectivity index (χ4n) is 2.98. The highest BCUT2D eigenvalue weighted by Crippen LogP contribution is 2.12. The highest BCUT2D eigenvalue weighted by Gasteiger charge is 2.22. The maximum atomic E-state index is 12.9. The van der Waals surface area contributed by atoms with Crippen molar-refractivity contribution in [2.75, 3.05) is 39.3 Å². The Morgan fingerprint density at radius 3 is 2.31 bits per heavy atom. The van der Waals surface area contributed by atoms with Crippen molar-refractivity contribution >= 4 is 23.4 Å². The predicted molar refractivity (Wildman–Crippen MR) is 108 cm³/mol. The Labute approximate surface area is 174 Å². The first-order valence-corrected chi connectivity index (χ1v) is 9.77. The van der Waals surface area contributed by atoms with Crippen molar-refractivity contribution < 1.29 is 18.7 Å². The van der Waals surface area contributed by atoms with Gasteiger partial charge in [0.1, 0.15) is 11.6 Å². The molecule has 0 spiro atoms. The number of hydrogen-bond donors (Lipinski definition) is 1.